The molecule has 0 unspecified atom stereocenters. The van der Waals surface area contributed by atoms with Crippen molar-refractivity contribution in [3.8, 4) is 5.75 Å². The Kier molecular flexibility index (Phi) is 7.57. The highest BCUT2D eigenvalue weighted by Crippen LogP contribution is 2.40. The van der Waals surface area contributed by atoms with E-state index in [0.717, 1.165) is 24.2 Å². The first-order valence-corrected chi connectivity index (χ1v) is 11.4. The van der Waals surface area contributed by atoms with Crippen molar-refractivity contribution in [3.63, 3.8) is 0 Å². The Balaban J connectivity index is 1.78. The Bertz CT molecular complexity index is 785. The summed E-state index contributed by atoms with van der Waals surface area (Å²) in [7, 11) is 1.62. The van der Waals surface area contributed by atoms with Crippen LogP contribution in [0.25, 0.3) is 0 Å². The molecule has 7 nitrogen and oxygen atoms in total. The van der Waals surface area contributed by atoms with Gasteiger partial charge in [0.1, 0.15) is 5.75 Å². The number of likely N-dealkylation sites (tertiary alicyclic amines) is 1. The van der Waals surface area contributed by atoms with E-state index in [9.17, 15) is 14.4 Å². The molecule has 3 amide bonds. The Morgan fingerprint density at radius 3 is 2.23 bits per heavy atom. The average Bonchev–Trinajstić information content (AvgIpc) is 3.12. The van der Waals surface area contributed by atoms with E-state index >= 15 is 0 Å². The Hall–Kier alpha value is -2.57. The molecule has 0 N–H and O–H groups in total. The fourth-order valence-electron chi connectivity index (χ4n) is 4.56. The van der Waals surface area contributed by atoms with Gasteiger partial charge >= 0.3 is 0 Å². The van der Waals surface area contributed by atoms with Crippen LogP contribution in [0.15, 0.2) is 24.3 Å². The van der Waals surface area contributed by atoms with Crippen molar-refractivity contribution in [1.29, 1.82) is 0 Å². The van der Waals surface area contributed by atoms with Crippen LogP contribution in [0, 0.1) is 11.8 Å². The molecule has 0 radical (unpaired) electrons. The number of amides is 3. The Morgan fingerprint density at radius 2 is 1.68 bits per heavy atom. The number of methoxy groups -OCH3 is 1. The zero-order valence-electron chi connectivity index (χ0n) is 19.2. The van der Waals surface area contributed by atoms with Gasteiger partial charge < -0.3 is 19.4 Å². The lowest BCUT2D eigenvalue weighted by Gasteiger charge is -2.38. The molecule has 1 aromatic carbocycles. The standard InChI is InChI=1S/C24H35N3O4/c1-5-6-11-27-21(28)16-20(22(27)18-7-9-19(31-4)10-8-18)24(30)26-14-12-25(13-15-26)23(29)17(2)3/h7-10,17,20,22H,5-6,11-16H2,1-4H3/t20-,22+/m1/s1. The fourth-order valence-corrected chi connectivity index (χ4v) is 4.56. The van der Waals surface area contributed by atoms with Gasteiger partial charge in [0.2, 0.25) is 17.7 Å². The van der Waals surface area contributed by atoms with E-state index in [1.807, 2.05) is 52.8 Å². The molecule has 3 rings (SSSR count). The maximum atomic E-state index is 13.5. The van der Waals surface area contributed by atoms with Gasteiger partial charge in [-0.1, -0.05) is 39.3 Å². The minimum atomic E-state index is -0.398. The van der Waals surface area contributed by atoms with E-state index in [-0.39, 0.29) is 36.1 Å². The van der Waals surface area contributed by atoms with Crippen molar-refractivity contribution >= 4 is 17.7 Å². The summed E-state index contributed by atoms with van der Waals surface area (Å²) in [4.78, 5) is 44.2. The predicted octanol–water partition coefficient (Wildman–Crippen LogP) is 2.71. The molecule has 0 aliphatic carbocycles. The zero-order valence-corrected chi connectivity index (χ0v) is 19.2. The Morgan fingerprint density at radius 1 is 1.06 bits per heavy atom. The topological polar surface area (TPSA) is 70.2 Å². The first-order valence-electron chi connectivity index (χ1n) is 11.4. The van der Waals surface area contributed by atoms with Crippen LogP contribution in [0.2, 0.25) is 0 Å². The largest absolute Gasteiger partial charge is 0.497 e. The number of benzene rings is 1. The summed E-state index contributed by atoms with van der Waals surface area (Å²) in [5.41, 5.74) is 0.967. The molecule has 2 aliphatic heterocycles. The van der Waals surface area contributed by atoms with Crippen LogP contribution in [0.3, 0.4) is 0 Å². The van der Waals surface area contributed by atoms with E-state index in [0.29, 0.717) is 32.7 Å². The van der Waals surface area contributed by atoms with Crippen LogP contribution in [0.4, 0.5) is 0 Å². The number of carbonyl (C=O) groups is 3. The second-order valence-electron chi connectivity index (χ2n) is 8.77. The molecule has 7 heteroatoms. The molecule has 1 aromatic rings. The van der Waals surface area contributed by atoms with E-state index in [1.54, 1.807) is 7.11 Å². The van der Waals surface area contributed by atoms with E-state index in [1.165, 1.54) is 0 Å². The maximum absolute atomic E-state index is 13.5. The second kappa shape index (κ2) is 10.2. The van der Waals surface area contributed by atoms with Crippen molar-refractivity contribution in [2.45, 2.75) is 46.1 Å². The lowest BCUT2D eigenvalue weighted by Crippen LogP contribution is -2.53. The van der Waals surface area contributed by atoms with Gasteiger partial charge in [0, 0.05) is 45.1 Å². The molecule has 2 aliphatic rings. The van der Waals surface area contributed by atoms with E-state index < -0.39 is 5.92 Å². The van der Waals surface area contributed by atoms with Gasteiger partial charge in [0.15, 0.2) is 0 Å². The first kappa shape index (κ1) is 23.1. The van der Waals surface area contributed by atoms with Crippen molar-refractivity contribution in [1.82, 2.24) is 14.7 Å². The summed E-state index contributed by atoms with van der Waals surface area (Å²) in [5.74, 6) is 0.504. The SMILES string of the molecule is CCCCN1C(=O)C[C@@H](C(=O)N2CCN(C(=O)C(C)C)CC2)[C@@H]1c1ccc(OC)cc1. The lowest BCUT2D eigenvalue weighted by atomic mass is 9.91. The van der Waals surface area contributed by atoms with E-state index in [4.69, 9.17) is 4.74 Å². The van der Waals surface area contributed by atoms with Gasteiger partial charge in [-0.2, -0.15) is 0 Å². The maximum Gasteiger partial charge on any atom is 0.228 e. The fraction of sp³-hybridized carbons (Fsp3) is 0.625. The zero-order chi connectivity index (χ0) is 22.5. The third-order valence-electron chi connectivity index (χ3n) is 6.36. The number of rotatable bonds is 7. The average molecular weight is 430 g/mol. The third kappa shape index (κ3) is 5.02. The van der Waals surface area contributed by atoms with E-state index in [2.05, 4.69) is 6.92 Å². The lowest BCUT2D eigenvalue weighted by molar-refractivity contribution is -0.144. The number of nitrogens with zero attached hydrogens (tertiary/aromatic N) is 3. The molecule has 0 spiro atoms. The Labute approximate surface area is 185 Å². The van der Waals surface area contributed by atoms with Gasteiger partial charge in [-0.25, -0.2) is 0 Å². The van der Waals surface area contributed by atoms with Crippen molar-refractivity contribution in [2.24, 2.45) is 11.8 Å². The van der Waals surface area contributed by atoms with Crippen molar-refractivity contribution < 1.29 is 19.1 Å². The molecule has 2 fully saturated rings. The summed E-state index contributed by atoms with van der Waals surface area (Å²) in [5, 5.41) is 0. The molecule has 0 bridgehead atoms. The summed E-state index contributed by atoms with van der Waals surface area (Å²) in [6.45, 7) is 8.70. The monoisotopic (exact) mass is 429 g/mol. The third-order valence-corrected chi connectivity index (χ3v) is 6.36. The van der Waals surface area contributed by atoms with Crippen LogP contribution >= 0.6 is 0 Å². The highest BCUT2D eigenvalue weighted by molar-refractivity contribution is 5.90. The highest BCUT2D eigenvalue weighted by Gasteiger charge is 2.46. The van der Waals surface area contributed by atoms with Crippen LogP contribution in [-0.2, 0) is 14.4 Å². The summed E-state index contributed by atoms with van der Waals surface area (Å²) < 4.78 is 5.27. The predicted molar refractivity (Wildman–Crippen MR) is 118 cm³/mol. The minimum Gasteiger partial charge on any atom is -0.497 e. The number of hydrogen-bond donors (Lipinski definition) is 0. The van der Waals surface area contributed by atoms with Gasteiger partial charge in [-0.3, -0.25) is 14.4 Å². The molecule has 0 aromatic heterocycles. The van der Waals surface area contributed by atoms with Crippen molar-refractivity contribution in [2.75, 3.05) is 39.8 Å². The van der Waals surface area contributed by atoms with Crippen LogP contribution < -0.4 is 4.74 Å². The highest BCUT2D eigenvalue weighted by atomic mass is 16.5. The number of hydrogen-bond acceptors (Lipinski definition) is 4. The number of piperazine rings is 1. The smallest absolute Gasteiger partial charge is 0.228 e. The molecule has 2 heterocycles. The normalized spacial score (nSPS) is 21.7. The van der Waals surface area contributed by atoms with Crippen molar-refractivity contribution in [3.05, 3.63) is 29.8 Å². The van der Waals surface area contributed by atoms with Gasteiger partial charge in [0.25, 0.3) is 0 Å². The number of carbonyl (C=O) groups excluding carboxylic acids is 3. The van der Waals surface area contributed by atoms with Gasteiger partial charge in [0.05, 0.1) is 19.1 Å². The number of unbranched alkanes of at least 4 members (excludes halogenated alkanes) is 1. The molecule has 2 saturated heterocycles. The summed E-state index contributed by atoms with van der Waals surface area (Å²) in [6, 6.07) is 7.43. The minimum absolute atomic E-state index is 0.0183. The van der Waals surface area contributed by atoms with Crippen LogP contribution in [-0.4, -0.2) is 72.3 Å². The molecular formula is C24H35N3O4. The molecule has 31 heavy (non-hydrogen) atoms. The summed E-state index contributed by atoms with van der Waals surface area (Å²) >= 11 is 0. The molecular weight excluding hydrogens is 394 g/mol. The van der Waals surface area contributed by atoms with Gasteiger partial charge in [-0.15, -0.1) is 0 Å². The quantitative estimate of drug-likeness (QED) is 0.668. The van der Waals surface area contributed by atoms with Gasteiger partial charge in [-0.05, 0) is 24.1 Å². The molecule has 2 atom stereocenters. The molecule has 170 valence electrons. The number of ether oxygens (including phenoxy) is 1. The van der Waals surface area contributed by atoms with Crippen LogP contribution in [0.5, 0.6) is 5.75 Å². The van der Waals surface area contributed by atoms with Crippen LogP contribution in [0.1, 0.15) is 51.6 Å². The first-order chi connectivity index (χ1) is 14.9. The second-order valence-corrected chi connectivity index (χ2v) is 8.77. The molecule has 0 saturated carbocycles. The summed E-state index contributed by atoms with van der Waals surface area (Å²) in [6.07, 6.45) is 2.14.